The summed E-state index contributed by atoms with van der Waals surface area (Å²) in [6.07, 6.45) is 3.11. The SMILES string of the molecule is CNc1nc(-c2ccc(N3CCC(F)(F)CC3)cc2)cc2nccnc12. The minimum atomic E-state index is -2.53. The predicted molar refractivity (Wildman–Crippen MR) is 98.7 cm³/mol. The van der Waals surface area contributed by atoms with Crippen molar-refractivity contribution in [2.75, 3.05) is 30.4 Å². The molecule has 0 spiro atoms. The average Bonchev–Trinajstić information content (AvgIpc) is 2.67. The molecular formula is C19H19F2N5. The number of anilines is 2. The zero-order valence-electron chi connectivity index (χ0n) is 14.4. The van der Waals surface area contributed by atoms with E-state index in [0.717, 1.165) is 28.0 Å². The highest BCUT2D eigenvalue weighted by Gasteiger charge is 2.33. The van der Waals surface area contributed by atoms with Crippen molar-refractivity contribution in [3.8, 4) is 11.3 Å². The van der Waals surface area contributed by atoms with Crippen molar-refractivity contribution in [2.24, 2.45) is 0 Å². The van der Waals surface area contributed by atoms with E-state index in [-0.39, 0.29) is 12.8 Å². The average molecular weight is 355 g/mol. The molecule has 1 aliphatic heterocycles. The summed E-state index contributed by atoms with van der Waals surface area (Å²) >= 11 is 0. The lowest BCUT2D eigenvalue weighted by molar-refractivity contribution is -0.0220. The number of piperidine rings is 1. The monoisotopic (exact) mass is 355 g/mol. The molecule has 0 radical (unpaired) electrons. The number of alkyl halides is 2. The van der Waals surface area contributed by atoms with Crippen LogP contribution in [0, 0.1) is 0 Å². The van der Waals surface area contributed by atoms with Crippen LogP contribution in [0.15, 0.2) is 42.7 Å². The maximum atomic E-state index is 13.3. The van der Waals surface area contributed by atoms with Gasteiger partial charge in [-0.1, -0.05) is 12.1 Å². The lowest BCUT2D eigenvalue weighted by atomic mass is 10.0. The van der Waals surface area contributed by atoms with E-state index in [4.69, 9.17) is 0 Å². The number of hydrogen-bond donors (Lipinski definition) is 1. The van der Waals surface area contributed by atoms with E-state index >= 15 is 0 Å². The van der Waals surface area contributed by atoms with Crippen molar-refractivity contribution in [3.05, 3.63) is 42.7 Å². The van der Waals surface area contributed by atoms with Crippen LogP contribution in [0.5, 0.6) is 0 Å². The standard InChI is InChI=1S/C19H19F2N5/c1-22-18-17-16(23-8-9-24-17)12-15(25-18)13-2-4-14(5-3-13)26-10-6-19(20,21)7-11-26/h2-5,8-9,12H,6-7,10-11H2,1H3,(H,22,25). The van der Waals surface area contributed by atoms with Gasteiger partial charge >= 0.3 is 0 Å². The molecule has 0 bridgehead atoms. The summed E-state index contributed by atoms with van der Waals surface area (Å²) in [5.74, 6) is -1.86. The Morgan fingerprint density at radius 3 is 2.42 bits per heavy atom. The van der Waals surface area contributed by atoms with Crippen LogP contribution < -0.4 is 10.2 Å². The Hall–Kier alpha value is -2.83. The van der Waals surface area contributed by atoms with Crippen molar-refractivity contribution < 1.29 is 8.78 Å². The van der Waals surface area contributed by atoms with Crippen molar-refractivity contribution >= 4 is 22.5 Å². The Morgan fingerprint density at radius 1 is 1.04 bits per heavy atom. The van der Waals surface area contributed by atoms with Gasteiger partial charge in [0.15, 0.2) is 5.82 Å². The van der Waals surface area contributed by atoms with Crippen LogP contribution in [-0.4, -0.2) is 41.0 Å². The molecule has 5 nitrogen and oxygen atoms in total. The van der Waals surface area contributed by atoms with E-state index in [2.05, 4.69) is 20.3 Å². The Bertz CT molecular complexity index is 917. The quantitative estimate of drug-likeness (QED) is 0.770. The van der Waals surface area contributed by atoms with Gasteiger partial charge in [-0.2, -0.15) is 0 Å². The van der Waals surface area contributed by atoms with Crippen LogP contribution in [0.2, 0.25) is 0 Å². The Balaban J connectivity index is 1.62. The van der Waals surface area contributed by atoms with Crippen molar-refractivity contribution in [1.29, 1.82) is 0 Å². The van der Waals surface area contributed by atoms with Gasteiger partial charge in [0.1, 0.15) is 5.52 Å². The number of fused-ring (bicyclic) bond motifs is 1. The number of aromatic nitrogens is 3. The lowest BCUT2D eigenvalue weighted by Gasteiger charge is -2.33. The molecule has 1 fully saturated rings. The summed E-state index contributed by atoms with van der Waals surface area (Å²) < 4.78 is 26.7. The van der Waals surface area contributed by atoms with Crippen LogP contribution in [0.1, 0.15) is 12.8 Å². The van der Waals surface area contributed by atoms with E-state index in [1.807, 2.05) is 35.2 Å². The van der Waals surface area contributed by atoms with Gasteiger partial charge in [-0.05, 0) is 18.2 Å². The molecule has 0 unspecified atom stereocenters. The first-order chi connectivity index (χ1) is 12.6. The normalized spacial score (nSPS) is 16.7. The van der Waals surface area contributed by atoms with Gasteiger partial charge in [0.2, 0.25) is 0 Å². The lowest BCUT2D eigenvalue weighted by Crippen LogP contribution is -2.39. The molecule has 26 heavy (non-hydrogen) atoms. The fourth-order valence-electron chi connectivity index (χ4n) is 3.23. The van der Waals surface area contributed by atoms with E-state index in [0.29, 0.717) is 18.9 Å². The minimum absolute atomic E-state index is 0.0921. The Labute approximate surface area is 150 Å². The number of halogens is 2. The molecule has 134 valence electrons. The third-order valence-corrected chi connectivity index (χ3v) is 4.72. The van der Waals surface area contributed by atoms with E-state index < -0.39 is 5.92 Å². The fourth-order valence-corrected chi connectivity index (χ4v) is 3.23. The molecular weight excluding hydrogens is 336 g/mol. The van der Waals surface area contributed by atoms with Gasteiger partial charge < -0.3 is 10.2 Å². The molecule has 3 aromatic rings. The first-order valence-electron chi connectivity index (χ1n) is 8.58. The number of benzene rings is 1. The smallest absolute Gasteiger partial charge is 0.251 e. The summed E-state index contributed by atoms with van der Waals surface area (Å²) in [5, 5.41) is 3.06. The molecule has 1 aliphatic rings. The van der Waals surface area contributed by atoms with Gasteiger partial charge in [0.05, 0.1) is 11.2 Å². The first-order valence-corrected chi connectivity index (χ1v) is 8.58. The number of nitrogens with one attached hydrogen (secondary N) is 1. The van der Waals surface area contributed by atoms with Gasteiger partial charge in [0, 0.05) is 56.6 Å². The molecule has 0 saturated carbocycles. The minimum Gasteiger partial charge on any atom is -0.371 e. The summed E-state index contributed by atoms with van der Waals surface area (Å²) in [6, 6.07) is 9.75. The molecule has 0 atom stereocenters. The van der Waals surface area contributed by atoms with Crippen molar-refractivity contribution in [3.63, 3.8) is 0 Å². The number of pyridine rings is 1. The maximum Gasteiger partial charge on any atom is 0.251 e. The third kappa shape index (κ3) is 3.16. The number of rotatable bonds is 3. The van der Waals surface area contributed by atoms with Crippen LogP contribution >= 0.6 is 0 Å². The summed E-state index contributed by atoms with van der Waals surface area (Å²) in [6.45, 7) is 0.750. The zero-order valence-corrected chi connectivity index (χ0v) is 14.4. The zero-order chi connectivity index (χ0) is 18.1. The van der Waals surface area contributed by atoms with Gasteiger partial charge in [-0.25, -0.2) is 18.7 Å². The Kier molecular flexibility index (Phi) is 4.14. The molecule has 0 amide bonds. The molecule has 1 N–H and O–H groups in total. The second-order valence-electron chi connectivity index (χ2n) is 6.42. The second-order valence-corrected chi connectivity index (χ2v) is 6.42. The molecule has 1 aromatic carbocycles. The van der Waals surface area contributed by atoms with Gasteiger partial charge in [-0.3, -0.25) is 4.98 Å². The topological polar surface area (TPSA) is 53.9 Å². The third-order valence-electron chi connectivity index (χ3n) is 4.72. The maximum absolute atomic E-state index is 13.3. The summed E-state index contributed by atoms with van der Waals surface area (Å²) in [4.78, 5) is 15.3. The fraction of sp³-hybridized carbons (Fsp3) is 0.316. The van der Waals surface area contributed by atoms with Crippen molar-refractivity contribution in [1.82, 2.24) is 15.0 Å². The summed E-state index contributed by atoms with van der Waals surface area (Å²) in [5.41, 5.74) is 4.19. The van der Waals surface area contributed by atoms with E-state index in [1.165, 1.54) is 0 Å². The van der Waals surface area contributed by atoms with E-state index in [9.17, 15) is 8.78 Å². The molecule has 1 saturated heterocycles. The second kappa shape index (κ2) is 6.48. The van der Waals surface area contributed by atoms with E-state index in [1.54, 1.807) is 19.4 Å². The van der Waals surface area contributed by atoms with Crippen LogP contribution in [0.4, 0.5) is 20.3 Å². The molecule has 3 heterocycles. The highest BCUT2D eigenvalue weighted by Crippen LogP contribution is 2.32. The highest BCUT2D eigenvalue weighted by molar-refractivity contribution is 5.88. The van der Waals surface area contributed by atoms with Gasteiger partial charge in [-0.15, -0.1) is 0 Å². The van der Waals surface area contributed by atoms with Crippen LogP contribution in [0.3, 0.4) is 0 Å². The van der Waals surface area contributed by atoms with Crippen molar-refractivity contribution in [2.45, 2.75) is 18.8 Å². The Morgan fingerprint density at radius 2 is 1.73 bits per heavy atom. The summed E-state index contributed by atoms with van der Waals surface area (Å²) in [7, 11) is 1.80. The van der Waals surface area contributed by atoms with Crippen LogP contribution in [-0.2, 0) is 0 Å². The van der Waals surface area contributed by atoms with Gasteiger partial charge in [0.25, 0.3) is 5.92 Å². The number of hydrogen-bond acceptors (Lipinski definition) is 5. The first kappa shape index (κ1) is 16.6. The molecule has 0 aliphatic carbocycles. The highest BCUT2D eigenvalue weighted by atomic mass is 19.3. The predicted octanol–water partition coefficient (Wildman–Crippen LogP) is 3.97. The molecule has 2 aromatic heterocycles. The largest absolute Gasteiger partial charge is 0.371 e. The molecule has 7 heteroatoms. The van der Waals surface area contributed by atoms with Crippen LogP contribution in [0.25, 0.3) is 22.3 Å². The number of nitrogens with zero attached hydrogens (tertiary/aromatic N) is 4. The molecule has 4 rings (SSSR count).